The van der Waals surface area contributed by atoms with E-state index in [0.29, 0.717) is 17.0 Å². The summed E-state index contributed by atoms with van der Waals surface area (Å²) in [5.74, 6) is -0.243. The largest absolute Gasteiger partial charge is 0.347 e. The van der Waals surface area contributed by atoms with Crippen LogP contribution in [0, 0.1) is 0 Å². The molecule has 0 spiro atoms. The van der Waals surface area contributed by atoms with Crippen LogP contribution in [0.5, 0.6) is 0 Å². The zero-order chi connectivity index (χ0) is 18.4. The minimum atomic E-state index is -0.155. The lowest BCUT2D eigenvalue weighted by Crippen LogP contribution is -2.21. The molecule has 26 heavy (non-hydrogen) atoms. The van der Waals surface area contributed by atoms with Gasteiger partial charge in [-0.05, 0) is 53.6 Å². The number of carbonyl (C=O) groups excluding carboxylic acids is 2. The van der Waals surface area contributed by atoms with Crippen LogP contribution < -0.4 is 10.6 Å². The smallest absolute Gasteiger partial charge is 0.261 e. The van der Waals surface area contributed by atoms with Gasteiger partial charge in [-0.3, -0.25) is 9.59 Å². The summed E-state index contributed by atoms with van der Waals surface area (Å²) in [6, 6.07) is 18.6. The van der Waals surface area contributed by atoms with Crippen molar-refractivity contribution in [1.29, 1.82) is 0 Å². The Hall–Kier alpha value is -2.57. The summed E-state index contributed by atoms with van der Waals surface area (Å²) in [5.41, 5.74) is 2.29. The molecule has 2 aromatic carbocycles. The van der Waals surface area contributed by atoms with Gasteiger partial charge in [0.15, 0.2) is 0 Å². The fraction of sp³-hybridized carbons (Fsp3) is 0.100. The average Bonchev–Trinajstić information content (AvgIpc) is 3.21. The monoisotopic (exact) mass is 382 g/mol. The Labute approximate surface area is 160 Å². The van der Waals surface area contributed by atoms with Gasteiger partial charge in [0.25, 0.3) is 11.8 Å². The van der Waals surface area contributed by atoms with Gasteiger partial charge in [-0.25, -0.2) is 0 Å². The van der Waals surface area contributed by atoms with E-state index in [9.17, 15) is 9.59 Å². The lowest BCUT2D eigenvalue weighted by atomic mass is 10.1. The summed E-state index contributed by atoms with van der Waals surface area (Å²) in [6.45, 7) is 0.425. The molecule has 0 aliphatic heterocycles. The van der Waals surface area contributed by atoms with Gasteiger partial charge in [0.05, 0.1) is 4.88 Å². The molecular weight excluding hydrogens is 364 g/mol. The van der Waals surface area contributed by atoms with Crippen LogP contribution in [-0.2, 0) is 6.54 Å². The number of amides is 2. The van der Waals surface area contributed by atoms with Crippen LogP contribution >= 0.6 is 23.1 Å². The number of rotatable bonds is 6. The van der Waals surface area contributed by atoms with E-state index in [0.717, 1.165) is 16.1 Å². The fourth-order valence-electron chi connectivity index (χ4n) is 2.36. The van der Waals surface area contributed by atoms with Crippen molar-refractivity contribution < 1.29 is 9.59 Å². The van der Waals surface area contributed by atoms with Crippen LogP contribution in [0.15, 0.2) is 70.9 Å². The van der Waals surface area contributed by atoms with E-state index in [1.165, 1.54) is 11.3 Å². The second-order valence-corrected chi connectivity index (χ2v) is 7.37. The van der Waals surface area contributed by atoms with Gasteiger partial charge in [-0.1, -0.05) is 24.3 Å². The van der Waals surface area contributed by atoms with Gasteiger partial charge < -0.3 is 10.6 Å². The Balaban J connectivity index is 1.58. The molecule has 0 aliphatic rings. The number of benzene rings is 2. The molecule has 0 saturated carbocycles. The first-order valence-electron chi connectivity index (χ1n) is 8.02. The van der Waals surface area contributed by atoms with E-state index in [1.807, 2.05) is 54.1 Å². The van der Waals surface area contributed by atoms with E-state index >= 15 is 0 Å². The second-order valence-electron chi connectivity index (χ2n) is 5.54. The first kappa shape index (κ1) is 18.2. The van der Waals surface area contributed by atoms with Crippen LogP contribution in [0.3, 0.4) is 0 Å². The minimum absolute atomic E-state index is 0.0875. The average molecular weight is 383 g/mol. The lowest BCUT2D eigenvalue weighted by Gasteiger charge is -2.08. The maximum Gasteiger partial charge on any atom is 0.261 e. The third-order valence-electron chi connectivity index (χ3n) is 3.74. The molecule has 0 fully saturated rings. The molecule has 1 aromatic heterocycles. The van der Waals surface area contributed by atoms with Crippen LogP contribution in [0.25, 0.3) is 0 Å². The standard InChI is InChI=1S/C20H18N2O2S2/c1-25-17-5-2-4-16(12-17)22-19(23)15-9-7-14(8-10-15)13-21-20(24)18-6-3-11-26-18/h2-12H,13H2,1H3,(H,21,24)(H,22,23). The van der Waals surface area contributed by atoms with Crippen molar-refractivity contribution >= 4 is 40.6 Å². The Morgan fingerprint density at radius 2 is 1.81 bits per heavy atom. The number of thiophene rings is 1. The summed E-state index contributed by atoms with van der Waals surface area (Å²) in [4.78, 5) is 26.1. The van der Waals surface area contributed by atoms with Crippen LogP contribution in [-0.4, -0.2) is 18.1 Å². The predicted molar refractivity (Wildman–Crippen MR) is 108 cm³/mol. The van der Waals surface area contributed by atoms with Gasteiger partial charge >= 0.3 is 0 Å². The zero-order valence-corrected chi connectivity index (χ0v) is 15.8. The third-order valence-corrected chi connectivity index (χ3v) is 5.34. The van der Waals surface area contributed by atoms with Gasteiger partial charge in [0, 0.05) is 22.7 Å². The topological polar surface area (TPSA) is 58.2 Å². The molecule has 1 heterocycles. The summed E-state index contributed by atoms with van der Waals surface area (Å²) >= 11 is 3.04. The quantitative estimate of drug-likeness (QED) is 0.610. The van der Waals surface area contributed by atoms with Gasteiger partial charge in [-0.2, -0.15) is 0 Å². The Kier molecular flexibility index (Phi) is 6.09. The maximum atomic E-state index is 12.4. The highest BCUT2D eigenvalue weighted by molar-refractivity contribution is 7.98. The van der Waals surface area contributed by atoms with Crippen LogP contribution in [0.2, 0.25) is 0 Å². The normalized spacial score (nSPS) is 10.3. The molecule has 2 N–H and O–H groups in total. The number of anilines is 1. The molecule has 3 rings (SSSR count). The molecule has 0 aliphatic carbocycles. The van der Waals surface area contributed by atoms with E-state index < -0.39 is 0 Å². The van der Waals surface area contributed by atoms with Crippen molar-refractivity contribution in [3.05, 3.63) is 82.0 Å². The summed E-state index contributed by atoms with van der Waals surface area (Å²) < 4.78 is 0. The molecule has 6 heteroatoms. The third kappa shape index (κ3) is 4.74. The molecular formula is C20H18N2O2S2. The first-order chi connectivity index (χ1) is 12.7. The van der Waals surface area contributed by atoms with E-state index in [4.69, 9.17) is 0 Å². The van der Waals surface area contributed by atoms with Crippen molar-refractivity contribution in [1.82, 2.24) is 5.32 Å². The number of hydrogen-bond acceptors (Lipinski definition) is 4. The second kappa shape index (κ2) is 8.69. The lowest BCUT2D eigenvalue weighted by molar-refractivity contribution is 0.0953. The summed E-state index contributed by atoms with van der Waals surface area (Å²) in [5, 5.41) is 7.64. The molecule has 0 saturated heterocycles. The molecule has 132 valence electrons. The molecule has 0 unspecified atom stereocenters. The number of thioether (sulfide) groups is 1. The van der Waals surface area contributed by atoms with Crippen LogP contribution in [0.4, 0.5) is 5.69 Å². The molecule has 2 amide bonds. The fourth-order valence-corrected chi connectivity index (χ4v) is 3.45. The number of carbonyl (C=O) groups is 2. The zero-order valence-electron chi connectivity index (χ0n) is 14.2. The molecule has 0 atom stereocenters. The summed E-state index contributed by atoms with van der Waals surface area (Å²) in [6.07, 6.45) is 2.00. The highest BCUT2D eigenvalue weighted by Crippen LogP contribution is 2.19. The van der Waals surface area contributed by atoms with E-state index in [1.54, 1.807) is 30.0 Å². The Morgan fingerprint density at radius 3 is 2.50 bits per heavy atom. The van der Waals surface area contributed by atoms with Crippen molar-refractivity contribution in [2.75, 3.05) is 11.6 Å². The van der Waals surface area contributed by atoms with Crippen molar-refractivity contribution in [2.24, 2.45) is 0 Å². The number of nitrogens with one attached hydrogen (secondary N) is 2. The van der Waals surface area contributed by atoms with E-state index in [-0.39, 0.29) is 11.8 Å². The Morgan fingerprint density at radius 1 is 1.00 bits per heavy atom. The van der Waals surface area contributed by atoms with E-state index in [2.05, 4.69) is 10.6 Å². The van der Waals surface area contributed by atoms with Crippen molar-refractivity contribution in [3.8, 4) is 0 Å². The molecule has 4 nitrogen and oxygen atoms in total. The maximum absolute atomic E-state index is 12.4. The number of hydrogen-bond donors (Lipinski definition) is 2. The highest BCUT2D eigenvalue weighted by Gasteiger charge is 2.08. The first-order valence-corrected chi connectivity index (χ1v) is 10.1. The van der Waals surface area contributed by atoms with Gasteiger partial charge in [0.1, 0.15) is 0 Å². The predicted octanol–water partition coefficient (Wildman–Crippen LogP) is 4.65. The SMILES string of the molecule is CSc1cccc(NC(=O)c2ccc(CNC(=O)c3cccs3)cc2)c1. The Bertz CT molecular complexity index is 890. The van der Waals surface area contributed by atoms with Crippen LogP contribution in [0.1, 0.15) is 25.6 Å². The molecule has 0 bridgehead atoms. The molecule has 3 aromatic rings. The van der Waals surface area contributed by atoms with Gasteiger partial charge in [0.2, 0.25) is 0 Å². The highest BCUT2D eigenvalue weighted by atomic mass is 32.2. The minimum Gasteiger partial charge on any atom is -0.347 e. The van der Waals surface area contributed by atoms with Gasteiger partial charge in [-0.15, -0.1) is 23.1 Å². The van der Waals surface area contributed by atoms with Crippen molar-refractivity contribution in [3.63, 3.8) is 0 Å². The van der Waals surface area contributed by atoms with Crippen molar-refractivity contribution in [2.45, 2.75) is 11.4 Å². The summed E-state index contributed by atoms with van der Waals surface area (Å²) in [7, 11) is 0. The molecule has 0 radical (unpaired) electrons.